The molecule has 1 saturated heterocycles. The highest BCUT2D eigenvalue weighted by Crippen LogP contribution is 2.33. The second-order valence-corrected chi connectivity index (χ2v) is 9.31. The Balaban J connectivity index is 1.62. The lowest BCUT2D eigenvalue weighted by Gasteiger charge is -2.29. The summed E-state index contributed by atoms with van der Waals surface area (Å²) >= 11 is 0. The van der Waals surface area contributed by atoms with Crippen LogP contribution in [0.4, 0.5) is 0 Å². The summed E-state index contributed by atoms with van der Waals surface area (Å²) in [5, 5.41) is 4.51. The van der Waals surface area contributed by atoms with Crippen LogP contribution in [-0.2, 0) is 16.6 Å². The third-order valence-corrected chi connectivity index (χ3v) is 7.58. The first-order valence-corrected chi connectivity index (χ1v) is 10.7. The Hall–Kier alpha value is -2.06. The maximum absolute atomic E-state index is 13.2. The van der Waals surface area contributed by atoms with E-state index in [-0.39, 0.29) is 6.79 Å². The highest BCUT2D eigenvalue weighted by atomic mass is 32.2. The van der Waals surface area contributed by atoms with E-state index in [1.54, 1.807) is 15.9 Å². The monoisotopic (exact) mass is 391 g/mol. The van der Waals surface area contributed by atoms with Crippen LogP contribution in [0.25, 0.3) is 0 Å². The number of benzene rings is 1. The standard InChI is InChI=1S/C19H25N3O4S/c1-13-6-8-21(9-7-13)27(23,24)19-14(2)20-22(15(19)3)11-16-4-5-17-18(10-16)26-12-25-17/h4-5,10,13H,6-9,11-12H2,1-3H3. The minimum atomic E-state index is -3.52. The largest absolute Gasteiger partial charge is 0.454 e. The van der Waals surface area contributed by atoms with Crippen LogP contribution in [0.1, 0.15) is 36.7 Å². The van der Waals surface area contributed by atoms with E-state index in [0.29, 0.717) is 47.6 Å². The Kier molecular flexibility index (Phi) is 4.63. The van der Waals surface area contributed by atoms with Gasteiger partial charge in [0, 0.05) is 13.1 Å². The van der Waals surface area contributed by atoms with Crippen molar-refractivity contribution in [1.29, 1.82) is 0 Å². The molecule has 4 rings (SSSR count). The molecule has 0 unspecified atom stereocenters. The molecule has 0 atom stereocenters. The number of rotatable bonds is 4. The number of hydrogen-bond donors (Lipinski definition) is 0. The summed E-state index contributed by atoms with van der Waals surface area (Å²) in [7, 11) is -3.52. The van der Waals surface area contributed by atoms with E-state index < -0.39 is 10.0 Å². The van der Waals surface area contributed by atoms with Crippen molar-refractivity contribution in [2.45, 2.75) is 45.1 Å². The third-order valence-electron chi connectivity index (χ3n) is 5.42. The van der Waals surface area contributed by atoms with Crippen molar-refractivity contribution in [1.82, 2.24) is 14.1 Å². The predicted octanol–water partition coefficient (Wildman–Crippen LogP) is 2.70. The SMILES string of the molecule is Cc1nn(Cc2ccc3c(c2)OCO3)c(C)c1S(=O)(=O)N1CCC(C)CC1. The van der Waals surface area contributed by atoms with E-state index in [0.717, 1.165) is 24.2 Å². The molecule has 1 fully saturated rings. The maximum atomic E-state index is 13.2. The van der Waals surface area contributed by atoms with Crippen LogP contribution in [0, 0.1) is 19.8 Å². The molecule has 2 aromatic rings. The predicted molar refractivity (Wildman–Crippen MR) is 101 cm³/mol. The number of ether oxygens (including phenoxy) is 2. The fourth-order valence-corrected chi connectivity index (χ4v) is 5.62. The van der Waals surface area contributed by atoms with Gasteiger partial charge in [-0.2, -0.15) is 9.40 Å². The summed E-state index contributed by atoms with van der Waals surface area (Å²) in [5.74, 6) is 2.02. The first kappa shape index (κ1) is 18.3. The van der Waals surface area contributed by atoms with Crippen LogP contribution < -0.4 is 9.47 Å². The number of sulfonamides is 1. The van der Waals surface area contributed by atoms with Crippen LogP contribution in [-0.4, -0.2) is 42.4 Å². The molecule has 2 aliphatic rings. The molecule has 1 aromatic carbocycles. The van der Waals surface area contributed by atoms with Gasteiger partial charge in [-0.3, -0.25) is 4.68 Å². The fourth-order valence-electron chi connectivity index (χ4n) is 3.77. The summed E-state index contributed by atoms with van der Waals surface area (Å²) in [6.07, 6.45) is 1.81. The van der Waals surface area contributed by atoms with E-state index >= 15 is 0 Å². The van der Waals surface area contributed by atoms with Gasteiger partial charge in [-0.25, -0.2) is 8.42 Å². The molecule has 0 bridgehead atoms. The van der Waals surface area contributed by atoms with Crippen molar-refractivity contribution < 1.29 is 17.9 Å². The molecule has 8 heteroatoms. The van der Waals surface area contributed by atoms with Crippen molar-refractivity contribution in [3.8, 4) is 11.5 Å². The van der Waals surface area contributed by atoms with Crippen LogP contribution in [0.2, 0.25) is 0 Å². The van der Waals surface area contributed by atoms with Gasteiger partial charge in [-0.05, 0) is 50.3 Å². The quantitative estimate of drug-likeness (QED) is 0.801. The molecule has 146 valence electrons. The Morgan fingerprint density at radius 1 is 1.15 bits per heavy atom. The number of aryl methyl sites for hydroxylation is 1. The van der Waals surface area contributed by atoms with Gasteiger partial charge in [0.15, 0.2) is 11.5 Å². The van der Waals surface area contributed by atoms with Crippen LogP contribution in [0.15, 0.2) is 23.1 Å². The molecule has 0 saturated carbocycles. The van der Waals surface area contributed by atoms with E-state index in [2.05, 4.69) is 12.0 Å². The number of hydrogen-bond acceptors (Lipinski definition) is 5. The first-order chi connectivity index (χ1) is 12.9. The molecule has 3 heterocycles. The van der Waals surface area contributed by atoms with Crippen molar-refractivity contribution in [3.05, 3.63) is 35.2 Å². The molecule has 0 spiro atoms. The van der Waals surface area contributed by atoms with Gasteiger partial charge in [0.05, 0.1) is 17.9 Å². The zero-order valence-electron chi connectivity index (χ0n) is 15.9. The lowest BCUT2D eigenvalue weighted by atomic mass is 10.0. The minimum Gasteiger partial charge on any atom is -0.454 e. The number of aromatic nitrogens is 2. The van der Waals surface area contributed by atoms with Crippen LogP contribution in [0.3, 0.4) is 0 Å². The summed E-state index contributed by atoms with van der Waals surface area (Å²) in [6.45, 7) is 7.63. The highest BCUT2D eigenvalue weighted by molar-refractivity contribution is 7.89. The Morgan fingerprint density at radius 3 is 2.59 bits per heavy atom. The summed E-state index contributed by atoms with van der Waals surface area (Å²) < 4.78 is 40.5. The van der Waals surface area contributed by atoms with Crippen molar-refractivity contribution in [2.75, 3.05) is 19.9 Å². The highest BCUT2D eigenvalue weighted by Gasteiger charge is 2.33. The van der Waals surface area contributed by atoms with Crippen molar-refractivity contribution in [2.24, 2.45) is 5.92 Å². The minimum absolute atomic E-state index is 0.232. The second kappa shape index (κ2) is 6.83. The smallest absolute Gasteiger partial charge is 0.246 e. The van der Waals surface area contributed by atoms with E-state index in [4.69, 9.17) is 9.47 Å². The second-order valence-electron chi connectivity index (χ2n) is 7.43. The van der Waals surface area contributed by atoms with Gasteiger partial charge in [-0.1, -0.05) is 13.0 Å². The normalized spacial score (nSPS) is 18.2. The Labute approximate surface area is 159 Å². The summed E-state index contributed by atoms with van der Waals surface area (Å²) in [6, 6.07) is 5.74. The molecule has 0 aliphatic carbocycles. The van der Waals surface area contributed by atoms with Crippen molar-refractivity contribution >= 4 is 10.0 Å². The lowest BCUT2D eigenvalue weighted by molar-refractivity contribution is 0.174. The average molecular weight is 391 g/mol. The Bertz CT molecular complexity index is 960. The molecule has 2 aliphatic heterocycles. The summed E-state index contributed by atoms with van der Waals surface area (Å²) in [4.78, 5) is 0.345. The van der Waals surface area contributed by atoms with Gasteiger partial charge >= 0.3 is 0 Å². The molecule has 0 radical (unpaired) electrons. The van der Waals surface area contributed by atoms with E-state index in [1.807, 2.05) is 25.1 Å². The van der Waals surface area contributed by atoms with E-state index in [9.17, 15) is 8.42 Å². The maximum Gasteiger partial charge on any atom is 0.246 e. The molecule has 7 nitrogen and oxygen atoms in total. The Morgan fingerprint density at radius 2 is 1.85 bits per heavy atom. The van der Waals surface area contributed by atoms with Gasteiger partial charge in [0.25, 0.3) is 0 Å². The van der Waals surface area contributed by atoms with Crippen LogP contribution >= 0.6 is 0 Å². The molecule has 0 N–H and O–H groups in total. The first-order valence-electron chi connectivity index (χ1n) is 9.29. The molecular formula is C19H25N3O4S. The molecule has 0 amide bonds. The average Bonchev–Trinajstić information content (AvgIpc) is 3.19. The zero-order valence-corrected chi connectivity index (χ0v) is 16.8. The number of piperidine rings is 1. The van der Waals surface area contributed by atoms with Gasteiger partial charge in [-0.15, -0.1) is 0 Å². The van der Waals surface area contributed by atoms with Crippen molar-refractivity contribution in [3.63, 3.8) is 0 Å². The third kappa shape index (κ3) is 3.32. The topological polar surface area (TPSA) is 73.7 Å². The van der Waals surface area contributed by atoms with Gasteiger partial charge in [0.1, 0.15) is 4.90 Å². The fraction of sp³-hybridized carbons (Fsp3) is 0.526. The molecular weight excluding hydrogens is 366 g/mol. The van der Waals surface area contributed by atoms with Gasteiger partial charge < -0.3 is 9.47 Å². The van der Waals surface area contributed by atoms with E-state index in [1.165, 1.54) is 0 Å². The number of nitrogens with zero attached hydrogens (tertiary/aromatic N) is 3. The molecule has 1 aromatic heterocycles. The zero-order chi connectivity index (χ0) is 19.2. The lowest BCUT2D eigenvalue weighted by Crippen LogP contribution is -2.38. The van der Waals surface area contributed by atoms with Gasteiger partial charge in [0.2, 0.25) is 16.8 Å². The summed E-state index contributed by atoms with van der Waals surface area (Å²) in [5.41, 5.74) is 2.20. The number of fused-ring (bicyclic) bond motifs is 1. The van der Waals surface area contributed by atoms with Crippen LogP contribution in [0.5, 0.6) is 11.5 Å². The molecule has 27 heavy (non-hydrogen) atoms.